The van der Waals surface area contributed by atoms with E-state index in [0.717, 1.165) is 23.2 Å². The lowest BCUT2D eigenvalue weighted by Crippen LogP contribution is -2.56. The lowest BCUT2D eigenvalue weighted by Gasteiger charge is -2.39. The number of carbonyl (C=O) groups excluding carboxylic acids is 6. The molecule has 0 unspecified atom stereocenters. The minimum atomic E-state index is -1.36. The van der Waals surface area contributed by atoms with E-state index in [-0.39, 0.29) is 29.6 Å². The van der Waals surface area contributed by atoms with Gasteiger partial charge in [-0.25, -0.2) is 18.4 Å². The van der Waals surface area contributed by atoms with Crippen LogP contribution in [0.15, 0.2) is 60.7 Å². The average molecular weight is 1060 g/mol. The highest BCUT2D eigenvalue weighted by atomic mass is 28.3. The van der Waals surface area contributed by atoms with Gasteiger partial charge in [-0.3, -0.25) is 19.2 Å². The smallest absolute Gasteiger partial charge is 0.407 e. The Morgan fingerprint density at radius 3 is 1.37 bits per heavy atom. The zero-order chi connectivity index (χ0) is 53.6. The highest BCUT2D eigenvalue weighted by Crippen LogP contribution is 2.49. The molecule has 0 saturated carbocycles. The third-order valence-electron chi connectivity index (χ3n) is 16.4. The fraction of sp³-hybridized carbons (Fsp3) is 0.556. The van der Waals surface area contributed by atoms with Crippen molar-refractivity contribution in [2.24, 2.45) is 0 Å². The zero-order valence-corrected chi connectivity index (χ0v) is 44.8. The molecule has 6 amide bonds. The van der Waals surface area contributed by atoms with Gasteiger partial charge in [-0.2, -0.15) is 0 Å². The van der Waals surface area contributed by atoms with Crippen molar-refractivity contribution in [2.75, 3.05) is 75.1 Å². The van der Waals surface area contributed by atoms with E-state index in [4.69, 9.17) is 18.9 Å². The quantitative estimate of drug-likeness (QED) is 0.103. The summed E-state index contributed by atoms with van der Waals surface area (Å²) in [6.07, 6.45) is 2.82. The van der Waals surface area contributed by atoms with Crippen LogP contribution in [0.25, 0.3) is 0 Å². The maximum atomic E-state index is 16.6. The number of nitrogens with one attached hydrogen (secondary N) is 4. The van der Waals surface area contributed by atoms with Gasteiger partial charge in [-0.1, -0.05) is 49.2 Å². The van der Waals surface area contributed by atoms with Crippen LogP contribution >= 0.6 is 0 Å². The van der Waals surface area contributed by atoms with Crippen molar-refractivity contribution < 1.29 is 56.5 Å². The van der Waals surface area contributed by atoms with Gasteiger partial charge >= 0.3 is 12.2 Å². The predicted molar refractivity (Wildman–Crippen MR) is 281 cm³/mol. The van der Waals surface area contributed by atoms with Gasteiger partial charge in [0.25, 0.3) is 0 Å². The summed E-state index contributed by atoms with van der Waals surface area (Å²) < 4.78 is 53.4. The molecule has 406 valence electrons. The van der Waals surface area contributed by atoms with Crippen LogP contribution in [0.1, 0.15) is 88.4 Å². The zero-order valence-electron chi connectivity index (χ0n) is 43.8. The summed E-state index contributed by atoms with van der Waals surface area (Å²) in [7, 11) is 3.89. The van der Waals surface area contributed by atoms with Crippen LogP contribution in [0.3, 0.4) is 0 Å². The first-order valence-corrected chi connectivity index (χ1v) is 29.1. The molecule has 5 saturated heterocycles. The molecule has 5 aliphatic heterocycles. The van der Waals surface area contributed by atoms with E-state index in [1.54, 1.807) is 38.1 Å². The van der Waals surface area contributed by atoms with Crippen LogP contribution in [0, 0.1) is 11.6 Å². The molecular weight excluding hydrogens is 987 g/mol. The Labute approximate surface area is 438 Å². The normalized spacial score (nSPS) is 22.8. The molecule has 3 aromatic rings. The van der Waals surface area contributed by atoms with E-state index in [1.165, 1.54) is 75.3 Å². The van der Waals surface area contributed by atoms with Gasteiger partial charge in [-0.05, 0) is 112 Å². The number of carbonyl (C=O) groups is 6. The molecule has 0 radical (unpaired) electrons. The molecule has 3 aromatic carbocycles. The van der Waals surface area contributed by atoms with E-state index < -0.39 is 80.1 Å². The number of anilines is 4. The molecule has 4 N–H and O–H groups in total. The Morgan fingerprint density at radius 2 is 0.987 bits per heavy atom. The number of benzene rings is 3. The van der Waals surface area contributed by atoms with Crippen molar-refractivity contribution in [2.45, 2.75) is 138 Å². The number of methoxy groups -OCH3 is 4. The van der Waals surface area contributed by atoms with Gasteiger partial charge in [0.15, 0.2) is 11.6 Å². The number of rotatable bonds is 16. The monoisotopic (exact) mass is 1060 g/mol. The Bertz CT molecular complexity index is 2390. The molecule has 5 heterocycles. The molecule has 8 atom stereocenters. The summed E-state index contributed by atoms with van der Waals surface area (Å²) in [5.41, 5.74) is 3.11. The number of alkyl carbamates (subject to hydrolysis) is 2. The molecule has 5 aliphatic rings. The number of nitrogens with zero attached hydrogens (tertiary/aromatic N) is 4. The molecule has 21 heteroatoms. The van der Waals surface area contributed by atoms with Gasteiger partial charge in [0, 0.05) is 57.5 Å². The largest absolute Gasteiger partial charge is 0.453 e. The highest BCUT2D eigenvalue weighted by molar-refractivity contribution is 6.80. The number of amides is 6. The van der Waals surface area contributed by atoms with Crippen LogP contribution < -0.4 is 31.1 Å². The van der Waals surface area contributed by atoms with Crippen LogP contribution in [0.4, 0.5) is 41.1 Å². The van der Waals surface area contributed by atoms with Crippen LogP contribution in [0.5, 0.6) is 0 Å². The molecule has 0 aromatic heterocycles. The molecular formula is C54H72F2N8O10Si. The van der Waals surface area contributed by atoms with Crippen LogP contribution in [-0.2, 0) is 38.1 Å². The number of ether oxygens (including phenoxy) is 4. The van der Waals surface area contributed by atoms with Gasteiger partial charge in [0.1, 0.15) is 29.9 Å². The third kappa shape index (κ3) is 12.0. The Kier molecular flexibility index (Phi) is 17.7. The van der Waals surface area contributed by atoms with E-state index in [2.05, 4.69) is 26.2 Å². The average Bonchev–Trinajstić information content (AvgIpc) is 4.28. The van der Waals surface area contributed by atoms with E-state index >= 15 is 8.78 Å². The highest BCUT2D eigenvalue weighted by Gasteiger charge is 2.44. The first-order chi connectivity index (χ1) is 36.1. The second-order valence-corrected chi connectivity index (χ2v) is 25.7. The summed E-state index contributed by atoms with van der Waals surface area (Å²) in [5.74, 6) is -2.91. The van der Waals surface area contributed by atoms with Crippen LogP contribution in [-0.4, -0.2) is 145 Å². The van der Waals surface area contributed by atoms with Gasteiger partial charge in [-0.15, -0.1) is 0 Å². The van der Waals surface area contributed by atoms with Gasteiger partial charge in [0.05, 0.1) is 46.6 Å². The maximum absolute atomic E-state index is 16.6. The topological polar surface area (TPSA) is 200 Å². The molecule has 18 nitrogen and oxygen atoms in total. The summed E-state index contributed by atoms with van der Waals surface area (Å²) in [4.78, 5) is 86.2. The molecule has 0 aliphatic carbocycles. The fourth-order valence-electron chi connectivity index (χ4n) is 12.1. The lowest BCUT2D eigenvalue weighted by atomic mass is 10.0. The number of halogens is 2. The summed E-state index contributed by atoms with van der Waals surface area (Å²) in [6.45, 7) is 5.25. The third-order valence-corrected chi connectivity index (χ3v) is 21.8. The minimum absolute atomic E-state index is 0.0186. The van der Waals surface area contributed by atoms with Crippen molar-refractivity contribution in [1.29, 1.82) is 0 Å². The van der Waals surface area contributed by atoms with Gasteiger partial charge in [0.2, 0.25) is 23.6 Å². The Hall–Kier alpha value is -6.32. The predicted octanol–water partition coefficient (Wildman–Crippen LogP) is 7.49. The lowest BCUT2D eigenvalue weighted by molar-refractivity contribution is -0.141. The van der Waals surface area contributed by atoms with E-state index in [1.807, 2.05) is 29.2 Å². The van der Waals surface area contributed by atoms with Crippen molar-refractivity contribution in [3.05, 3.63) is 83.4 Å². The maximum Gasteiger partial charge on any atom is 0.407 e. The molecule has 5 fully saturated rings. The Balaban J connectivity index is 1.01. The number of likely N-dealkylation sites (tertiary alicyclic amines) is 2. The summed E-state index contributed by atoms with van der Waals surface area (Å²) in [5, 5.41) is 11.0. The standard InChI is InChI=1S/C54H72F2N8O10Si/c1-33(71-3)46(59-53(69)73-5)51(67)62-23-9-11-44(62)49(65)57-37-17-13-35(14-18-37)42-21-22-43(64(42)39-31-40(55)48(41(56)32-39)61-25-29-75(30-26-61)27-7-8-28-75)36-15-19-38(20-16-36)58-50(66)45-12-10-24-63(45)52(68)47(34(2)72-4)60-54(70)74-6/h13-20,31-34,42-47H,7-12,21-30H2,1-6H3,(H,57,65)(H,58,66)(H,59,69)(H,60,70)/t33-,34-,42-,43-,44+,45+,46+,47+/m1/s1. The van der Waals surface area contributed by atoms with E-state index in [9.17, 15) is 28.8 Å². The van der Waals surface area contributed by atoms with Gasteiger partial charge < -0.3 is 59.8 Å². The van der Waals surface area contributed by atoms with Crippen molar-refractivity contribution in [1.82, 2.24) is 20.4 Å². The minimum Gasteiger partial charge on any atom is -0.453 e. The second kappa shape index (κ2) is 24.1. The number of hydrogen-bond acceptors (Lipinski definition) is 12. The van der Waals surface area contributed by atoms with E-state index in [0.29, 0.717) is 81.8 Å². The Morgan fingerprint density at radius 1 is 0.573 bits per heavy atom. The molecule has 1 spiro atoms. The molecule has 8 rings (SSSR count). The number of hydrogen-bond donors (Lipinski definition) is 4. The van der Waals surface area contributed by atoms with Crippen molar-refractivity contribution in [3.63, 3.8) is 0 Å². The summed E-state index contributed by atoms with van der Waals surface area (Å²) >= 11 is 0. The SMILES string of the molecule is COC(=O)N[C@H](C(=O)N1CCC[C@H]1C(=O)Nc1ccc([C@H]2CC[C@H](c3ccc(NC(=O)[C@@H]4CCCN4C(=O)[C@@H](NC(=O)OC)[C@@H](C)OC)cc3)N2c2cc(F)c(N3CC[Si]4(CCCC4)CC3)c(F)c2)cc1)[C@@H](C)OC. The van der Waals surface area contributed by atoms with Crippen molar-refractivity contribution >= 4 is 66.6 Å². The first-order valence-electron chi connectivity index (χ1n) is 26.3. The van der Waals surface area contributed by atoms with Crippen molar-refractivity contribution in [3.8, 4) is 0 Å². The molecule has 75 heavy (non-hydrogen) atoms. The second-order valence-electron chi connectivity index (χ2n) is 20.7. The summed E-state index contributed by atoms with van der Waals surface area (Å²) in [6, 6.07) is 17.9. The van der Waals surface area contributed by atoms with Crippen LogP contribution in [0.2, 0.25) is 24.2 Å². The molecule has 0 bridgehead atoms. The fourth-order valence-corrected chi connectivity index (χ4v) is 17.0. The first kappa shape index (κ1) is 54.9.